The molecule has 12 rings (SSSR count). The van der Waals surface area contributed by atoms with Crippen molar-refractivity contribution in [2.45, 2.75) is 94.8 Å². The van der Waals surface area contributed by atoms with Gasteiger partial charge in [0, 0.05) is 27.9 Å². The molecule has 0 radical (unpaired) electrons. The van der Waals surface area contributed by atoms with Crippen LogP contribution in [0.3, 0.4) is 0 Å². The van der Waals surface area contributed by atoms with Crippen LogP contribution in [0.2, 0.25) is 0 Å². The van der Waals surface area contributed by atoms with Crippen LogP contribution in [0.1, 0.15) is 106 Å². The average molecular weight is 766 g/mol. The van der Waals surface area contributed by atoms with Crippen molar-refractivity contribution in [2.75, 3.05) is 4.90 Å². The van der Waals surface area contributed by atoms with Crippen molar-refractivity contribution < 1.29 is 0 Å². The van der Waals surface area contributed by atoms with Gasteiger partial charge in [0.15, 0.2) is 0 Å². The predicted molar refractivity (Wildman–Crippen MR) is 248 cm³/mol. The van der Waals surface area contributed by atoms with Gasteiger partial charge in [-0.3, -0.25) is 0 Å². The summed E-state index contributed by atoms with van der Waals surface area (Å²) in [5, 5.41) is 2.59. The van der Waals surface area contributed by atoms with E-state index in [-0.39, 0.29) is 10.8 Å². The van der Waals surface area contributed by atoms with Gasteiger partial charge in [0.2, 0.25) is 0 Å². The van der Waals surface area contributed by atoms with E-state index in [1.165, 1.54) is 138 Å². The molecule has 0 heterocycles. The quantitative estimate of drug-likeness (QED) is 0.169. The highest BCUT2D eigenvalue weighted by Crippen LogP contribution is 2.64. The van der Waals surface area contributed by atoms with Crippen molar-refractivity contribution in [3.63, 3.8) is 0 Å². The molecule has 2 bridgehead atoms. The molecule has 1 heteroatoms. The number of fused-ring (bicyclic) bond motifs is 14. The molecule has 7 aromatic rings. The first kappa shape index (κ1) is 35.5. The normalized spacial score (nSPS) is 23.4. The Morgan fingerprint density at radius 2 is 1.12 bits per heavy atom. The monoisotopic (exact) mass is 765 g/mol. The highest BCUT2D eigenvalue weighted by atomic mass is 15.1. The molecule has 3 fully saturated rings. The van der Waals surface area contributed by atoms with Gasteiger partial charge in [-0.1, -0.05) is 167 Å². The molecule has 2 spiro atoms. The Hall–Kier alpha value is -5.40. The first-order chi connectivity index (χ1) is 29.2. The van der Waals surface area contributed by atoms with Crippen molar-refractivity contribution in [3.8, 4) is 33.4 Å². The van der Waals surface area contributed by atoms with Gasteiger partial charge < -0.3 is 4.90 Å². The molecule has 3 saturated carbocycles. The van der Waals surface area contributed by atoms with Crippen molar-refractivity contribution in [1.29, 1.82) is 0 Å². The van der Waals surface area contributed by atoms with E-state index in [1.54, 1.807) is 22.3 Å². The molecule has 59 heavy (non-hydrogen) atoms. The molecule has 7 aromatic carbocycles. The number of hydrogen-bond donors (Lipinski definition) is 0. The Morgan fingerprint density at radius 1 is 0.492 bits per heavy atom. The standard InChI is InChI=1S/C58H55N/c1-2-42-27-24-39-14-12-17-43(36-39)58(42)54-23-9-7-20-50(54)52-33-31-46(38-56(52)58)59(44-28-25-41(26-29-44)48-21-13-16-40-15-4-5-18-47(40)48)45-30-32-51-49-19-6-8-22-53(49)57(55(51)37-45)34-10-3-11-35-57/h4-9,13,15-16,18-23,25-26,28-33,37-39,42-43H,2-3,10-12,14,17,24,27,34-36H2,1H3. The predicted octanol–water partition coefficient (Wildman–Crippen LogP) is 16.1. The minimum absolute atomic E-state index is 0.0570. The van der Waals surface area contributed by atoms with Gasteiger partial charge in [-0.05, 0) is 153 Å². The third-order valence-corrected chi connectivity index (χ3v) is 16.3. The average Bonchev–Trinajstić information content (AvgIpc) is 3.69. The van der Waals surface area contributed by atoms with Gasteiger partial charge in [-0.2, -0.15) is 0 Å². The summed E-state index contributed by atoms with van der Waals surface area (Å²) >= 11 is 0. The number of hydrogen-bond acceptors (Lipinski definition) is 1. The summed E-state index contributed by atoms with van der Waals surface area (Å²) in [4.78, 5) is 2.62. The van der Waals surface area contributed by atoms with Gasteiger partial charge in [0.25, 0.3) is 0 Å². The Balaban J connectivity index is 1.06. The minimum atomic E-state index is 0.0570. The zero-order valence-corrected chi connectivity index (χ0v) is 34.6. The van der Waals surface area contributed by atoms with Gasteiger partial charge in [-0.25, -0.2) is 0 Å². The minimum Gasteiger partial charge on any atom is -0.310 e. The zero-order valence-electron chi connectivity index (χ0n) is 34.6. The summed E-state index contributed by atoms with van der Waals surface area (Å²) in [5.74, 6) is 2.21. The number of rotatable bonds is 5. The molecule has 0 N–H and O–H groups in total. The smallest absolute Gasteiger partial charge is 0.0465 e. The summed E-state index contributed by atoms with van der Waals surface area (Å²) in [5.41, 5.74) is 18.6. The fourth-order valence-electron chi connectivity index (χ4n) is 13.8. The zero-order chi connectivity index (χ0) is 39.1. The number of anilines is 3. The SMILES string of the molecule is CCC1CCC2CCCC(C2)C12c1ccccc1-c1ccc(N(c3ccc(-c4cccc5ccccc45)cc3)c3ccc4c(c3)C3(CCCCC3)c3ccccc3-4)cc12. The molecule has 0 saturated heterocycles. The van der Waals surface area contributed by atoms with E-state index in [4.69, 9.17) is 0 Å². The first-order valence-corrected chi connectivity index (χ1v) is 23.0. The molecule has 4 atom stereocenters. The van der Waals surface area contributed by atoms with Crippen LogP contribution >= 0.6 is 0 Å². The lowest BCUT2D eigenvalue weighted by Crippen LogP contribution is -2.42. The highest BCUT2D eigenvalue weighted by Gasteiger charge is 2.55. The van der Waals surface area contributed by atoms with Gasteiger partial charge in [-0.15, -0.1) is 0 Å². The van der Waals surface area contributed by atoms with Crippen molar-refractivity contribution in [1.82, 2.24) is 0 Å². The molecule has 4 unspecified atom stereocenters. The third kappa shape index (κ3) is 5.22. The van der Waals surface area contributed by atoms with E-state index in [2.05, 4.69) is 163 Å². The fourth-order valence-corrected chi connectivity index (χ4v) is 13.8. The van der Waals surface area contributed by atoms with E-state index >= 15 is 0 Å². The first-order valence-electron chi connectivity index (χ1n) is 23.0. The van der Waals surface area contributed by atoms with E-state index in [1.807, 2.05) is 0 Å². The molecule has 0 aliphatic heterocycles. The van der Waals surface area contributed by atoms with Crippen LogP contribution in [-0.2, 0) is 10.8 Å². The Morgan fingerprint density at radius 3 is 1.92 bits per heavy atom. The van der Waals surface area contributed by atoms with Gasteiger partial charge >= 0.3 is 0 Å². The van der Waals surface area contributed by atoms with E-state index in [0.29, 0.717) is 11.8 Å². The molecular weight excluding hydrogens is 711 g/mol. The van der Waals surface area contributed by atoms with Crippen LogP contribution in [0.4, 0.5) is 17.1 Å². The topological polar surface area (TPSA) is 3.24 Å². The maximum atomic E-state index is 2.68. The second-order valence-corrected chi connectivity index (χ2v) is 18.9. The lowest BCUT2D eigenvalue weighted by atomic mass is 9.57. The van der Waals surface area contributed by atoms with E-state index in [0.717, 1.165) is 5.92 Å². The van der Waals surface area contributed by atoms with E-state index in [9.17, 15) is 0 Å². The fraction of sp³-hybridized carbons (Fsp3) is 0.310. The molecule has 5 aliphatic carbocycles. The largest absolute Gasteiger partial charge is 0.310 e. The summed E-state index contributed by atoms with van der Waals surface area (Å²) in [7, 11) is 0. The molecule has 292 valence electrons. The molecule has 1 nitrogen and oxygen atoms in total. The van der Waals surface area contributed by atoms with Crippen molar-refractivity contribution in [3.05, 3.63) is 174 Å². The van der Waals surface area contributed by atoms with Crippen LogP contribution < -0.4 is 4.90 Å². The van der Waals surface area contributed by atoms with Crippen molar-refractivity contribution >= 4 is 27.8 Å². The maximum absolute atomic E-state index is 2.68. The van der Waals surface area contributed by atoms with Crippen LogP contribution in [-0.4, -0.2) is 0 Å². The Kier molecular flexibility index (Phi) is 8.34. The number of benzene rings is 7. The van der Waals surface area contributed by atoms with E-state index < -0.39 is 0 Å². The van der Waals surface area contributed by atoms with Crippen molar-refractivity contribution in [2.24, 2.45) is 17.8 Å². The van der Waals surface area contributed by atoms with Crippen LogP contribution in [0, 0.1) is 17.8 Å². The van der Waals surface area contributed by atoms with Crippen LogP contribution in [0.5, 0.6) is 0 Å². The van der Waals surface area contributed by atoms with Gasteiger partial charge in [0.1, 0.15) is 0 Å². The molecule has 0 aromatic heterocycles. The second-order valence-electron chi connectivity index (χ2n) is 18.9. The summed E-state index contributed by atoms with van der Waals surface area (Å²) in [6.07, 6.45) is 15.9. The maximum Gasteiger partial charge on any atom is 0.0465 e. The summed E-state index contributed by atoms with van der Waals surface area (Å²) in [6, 6.07) is 59.1. The third-order valence-electron chi connectivity index (χ3n) is 16.3. The Bertz CT molecular complexity index is 2730. The molecule has 5 aliphatic rings. The van der Waals surface area contributed by atoms with Crippen LogP contribution in [0.25, 0.3) is 44.2 Å². The highest BCUT2D eigenvalue weighted by molar-refractivity contribution is 5.97. The van der Waals surface area contributed by atoms with Gasteiger partial charge in [0.05, 0.1) is 0 Å². The summed E-state index contributed by atoms with van der Waals surface area (Å²) in [6.45, 7) is 2.49. The second kappa shape index (κ2) is 13.8. The van der Waals surface area contributed by atoms with Crippen LogP contribution in [0.15, 0.2) is 152 Å². The lowest BCUT2D eigenvalue weighted by Gasteiger charge is -2.46. The lowest BCUT2D eigenvalue weighted by molar-refractivity contribution is 0.171. The molecular formula is C58H55N. The summed E-state index contributed by atoms with van der Waals surface area (Å²) < 4.78 is 0. The number of nitrogens with zero attached hydrogens (tertiary/aromatic N) is 1. The Labute approximate surface area is 351 Å². The molecule has 0 amide bonds.